The molecular formula is C9H12FN3O2S2. The molecule has 4 N–H and O–H groups in total. The maximum atomic E-state index is 13.0. The van der Waals surface area contributed by atoms with Crippen molar-refractivity contribution in [1.29, 1.82) is 0 Å². The van der Waals surface area contributed by atoms with Gasteiger partial charge in [0, 0.05) is 0 Å². The fraction of sp³-hybridized carbons (Fsp3) is 0.222. The topological polar surface area (TPSA) is 84.2 Å². The van der Waals surface area contributed by atoms with Crippen molar-refractivity contribution in [3.63, 3.8) is 0 Å². The first-order valence-corrected chi connectivity index (χ1v) is 6.47. The molecule has 0 aliphatic rings. The van der Waals surface area contributed by atoms with Gasteiger partial charge in [-0.2, -0.15) is 0 Å². The third-order valence-corrected chi connectivity index (χ3v) is 3.66. The Morgan fingerprint density at radius 1 is 1.35 bits per heavy atom. The van der Waals surface area contributed by atoms with Crippen LogP contribution in [0.2, 0.25) is 0 Å². The van der Waals surface area contributed by atoms with Crippen LogP contribution in [-0.2, 0) is 10.0 Å². The summed E-state index contributed by atoms with van der Waals surface area (Å²) in [5, 5.41) is -0.203. The zero-order valence-electron chi connectivity index (χ0n) is 9.24. The summed E-state index contributed by atoms with van der Waals surface area (Å²) in [6.07, 6.45) is 0. The average Bonchev–Trinajstić information content (AvgIpc) is 2.12. The van der Waals surface area contributed by atoms with Crippen molar-refractivity contribution in [3.8, 4) is 0 Å². The molecule has 0 spiro atoms. The summed E-state index contributed by atoms with van der Waals surface area (Å²) in [4.78, 5) is 2.01. The number of aryl methyl sites for hydroxylation is 2. The molecule has 0 unspecified atom stereocenters. The molecule has 5 nitrogen and oxygen atoms in total. The largest absolute Gasteiger partial charge is 0.375 e. The minimum absolute atomic E-state index is 0.00245. The average molecular weight is 277 g/mol. The Bertz CT molecular complexity index is 534. The molecule has 0 bridgehead atoms. The number of thiocarbonyl (C=S) groups is 1. The molecule has 1 aromatic carbocycles. The first-order chi connectivity index (χ1) is 7.74. The fourth-order valence-electron chi connectivity index (χ4n) is 1.49. The molecule has 0 amide bonds. The van der Waals surface area contributed by atoms with E-state index in [4.69, 9.17) is 5.73 Å². The van der Waals surface area contributed by atoms with Crippen LogP contribution in [0.5, 0.6) is 0 Å². The van der Waals surface area contributed by atoms with E-state index in [-0.39, 0.29) is 10.0 Å². The Kier molecular flexibility index (Phi) is 4.02. The molecule has 17 heavy (non-hydrogen) atoms. The minimum atomic E-state index is -3.83. The van der Waals surface area contributed by atoms with Crippen LogP contribution in [0, 0.1) is 19.7 Å². The van der Waals surface area contributed by atoms with Gasteiger partial charge in [-0.05, 0) is 49.3 Å². The number of halogens is 1. The second kappa shape index (κ2) is 4.94. The maximum absolute atomic E-state index is 13.0. The third kappa shape index (κ3) is 3.35. The number of hydrogen-bond acceptors (Lipinski definition) is 3. The van der Waals surface area contributed by atoms with Crippen molar-refractivity contribution in [2.75, 3.05) is 0 Å². The molecule has 0 atom stereocenters. The lowest BCUT2D eigenvalue weighted by molar-refractivity contribution is 0.575. The Morgan fingerprint density at radius 2 is 1.82 bits per heavy atom. The van der Waals surface area contributed by atoms with Crippen molar-refractivity contribution < 1.29 is 12.8 Å². The summed E-state index contributed by atoms with van der Waals surface area (Å²) in [6, 6.07) is 2.28. The smallest absolute Gasteiger partial charge is 0.257 e. The van der Waals surface area contributed by atoms with Crippen molar-refractivity contribution in [1.82, 2.24) is 10.3 Å². The van der Waals surface area contributed by atoms with Gasteiger partial charge >= 0.3 is 0 Å². The van der Waals surface area contributed by atoms with Crippen LogP contribution in [0.3, 0.4) is 0 Å². The molecule has 0 heterocycles. The summed E-state index contributed by atoms with van der Waals surface area (Å²) in [7, 11) is -3.83. The van der Waals surface area contributed by atoms with Gasteiger partial charge in [0.1, 0.15) is 5.82 Å². The van der Waals surface area contributed by atoms with E-state index in [1.807, 2.05) is 4.83 Å². The first-order valence-electron chi connectivity index (χ1n) is 4.58. The van der Waals surface area contributed by atoms with Gasteiger partial charge in [-0.3, -0.25) is 5.43 Å². The van der Waals surface area contributed by atoms with Crippen LogP contribution in [0.4, 0.5) is 4.39 Å². The van der Waals surface area contributed by atoms with Crippen molar-refractivity contribution >= 4 is 27.4 Å². The molecule has 94 valence electrons. The van der Waals surface area contributed by atoms with Gasteiger partial charge in [-0.15, -0.1) is 4.83 Å². The highest BCUT2D eigenvalue weighted by molar-refractivity contribution is 7.89. The molecule has 0 aliphatic heterocycles. The van der Waals surface area contributed by atoms with E-state index in [0.717, 1.165) is 12.1 Å². The summed E-state index contributed by atoms with van der Waals surface area (Å²) in [5.41, 5.74) is 7.85. The van der Waals surface area contributed by atoms with Crippen LogP contribution >= 0.6 is 12.2 Å². The molecule has 1 aromatic rings. The van der Waals surface area contributed by atoms with Gasteiger partial charge in [-0.1, -0.05) is 0 Å². The van der Waals surface area contributed by atoms with Crippen molar-refractivity contribution in [2.24, 2.45) is 5.73 Å². The summed E-state index contributed by atoms with van der Waals surface area (Å²) in [6.45, 7) is 3.01. The lowest BCUT2D eigenvalue weighted by Gasteiger charge is -2.12. The van der Waals surface area contributed by atoms with E-state index in [2.05, 4.69) is 17.6 Å². The van der Waals surface area contributed by atoms with E-state index in [0.29, 0.717) is 11.1 Å². The number of sulfonamides is 1. The molecule has 0 saturated heterocycles. The van der Waals surface area contributed by atoms with E-state index in [1.165, 1.54) is 13.8 Å². The highest BCUT2D eigenvalue weighted by Gasteiger charge is 2.20. The van der Waals surface area contributed by atoms with Crippen LogP contribution in [-0.4, -0.2) is 13.5 Å². The molecule has 0 aliphatic carbocycles. The summed E-state index contributed by atoms with van der Waals surface area (Å²) < 4.78 is 36.8. The number of hydrazine groups is 1. The SMILES string of the molecule is Cc1cc(F)cc(C)c1S(=O)(=O)NNC(N)=S. The minimum Gasteiger partial charge on any atom is -0.375 e. The first kappa shape index (κ1) is 13.8. The Hall–Kier alpha value is -1.25. The zero-order valence-corrected chi connectivity index (χ0v) is 10.9. The van der Waals surface area contributed by atoms with Crippen molar-refractivity contribution in [2.45, 2.75) is 18.7 Å². The molecule has 1 rings (SSSR count). The number of hydrogen-bond donors (Lipinski definition) is 3. The number of benzene rings is 1. The van der Waals surface area contributed by atoms with Gasteiger partial charge < -0.3 is 5.73 Å². The quantitative estimate of drug-likeness (QED) is 0.552. The number of rotatable bonds is 3. The fourth-order valence-corrected chi connectivity index (χ4v) is 2.92. The van der Waals surface area contributed by atoms with Gasteiger partial charge in [0.2, 0.25) is 0 Å². The molecule has 0 saturated carbocycles. The highest BCUT2D eigenvalue weighted by atomic mass is 32.2. The zero-order chi connectivity index (χ0) is 13.2. The number of nitrogens with two attached hydrogens (primary N) is 1. The predicted octanol–water partition coefficient (Wildman–Crippen LogP) is 0.469. The Morgan fingerprint density at radius 3 is 2.24 bits per heavy atom. The van der Waals surface area contributed by atoms with Gasteiger partial charge in [-0.25, -0.2) is 12.8 Å². The van der Waals surface area contributed by atoms with Crippen LogP contribution in [0.15, 0.2) is 17.0 Å². The maximum Gasteiger partial charge on any atom is 0.257 e. The number of nitrogens with one attached hydrogen (secondary N) is 2. The third-order valence-electron chi connectivity index (χ3n) is 2.00. The van der Waals surface area contributed by atoms with E-state index in [1.54, 1.807) is 0 Å². The van der Waals surface area contributed by atoms with E-state index in [9.17, 15) is 12.8 Å². The molecule has 8 heteroatoms. The molecular weight excluding hydrogens is 265 g/mol. The van der Waals surface area contributed by atoms with Crippen molar-refractivity contribution in [3.05, 3.63) is 29.1 Å². The second-order valence-corrected chi connectivity index (χ2v) is 5.52. The summed E-state index contributed by atoms with van der Waals surface area (Å²) in [5.74, 6) is -0.485. The lowest BCUT2D eigenvalue weighted by atomic mass is 10.1. The van der Waals surface area contributed by atoms with Gasteiger partial charge in [0.15, 0.2) is 5.11 Å². The second-order valence-electron chi connectivity index (χ2n) is 3.46. The standard InChI is InChI=1S/C9H12FN3O2S2/c1-5-3-7(10)4-6(2)8(5)17(14,15)13-12-9(11)16/h3-4,13H,1-2H3,(H3,11,12,16). The monoisotopic (exact) mass is 277 g/mol. The predicted molar refractivity (Wildman–Crippen MR) is 66.1 cm³/mol. The van der Waals surface area contributed by atoms with Gasteiger partial charge in [0.05, 0.1) is 4.90 Å². The van der Waals surface area contributed by atoms with E-state index >= 15 is 0 Å². The molecule has 0 aromatic heterocycles. The summed E-state index contributed by atoms with van der Waals surface area (Å²) >= 11 is 4.48. The lowest BCUT2D eigenvalue weighted by Crippen LogP contribution is -2.44. The van der Waals surface area contributed by atoms with E-state index < -0.39 is 15.8 Å². The molecule has 0 fully saturated rings. The van der Waals surface area contributed by atoms with Crippen LogP contribution in [0.25, 0.3) is 0 Å². The molecule has 0 radical (unpaired) electrons. The van der Waals surface area contributed by atoms with Gasteiger partial charge in [0.25, 0.3) is 10.0 Å². The highest BCUT2D eigenvalue weighted by Crippen LogP contribution is 2.20. The van der Waals surface area contributed by atoms with Crippen LogP contribution in [0.1, 0.15) is 11.1 Å². The normalized spacial score (nSPS) is 11.2. The van der Waals surface area contributed by atoms with Crippen LogP contribution < -0.4 is 16.0 Å². The Labute approximate surface area is 104 Å². The Balaban J connectivity index is 3.20.